The number of rotatable bonds is 3. The van der Waals surface area contributed by atoms with Crippen molar-refractivity contribution in [3.63, 3.8) is 0 Å². The molecular formula is C16H18N2O2. The molecule has 0 saturated carbocycles. The first-order chi connectivity index (χ1) is 9.47. The Bertz CT molecular complexity index is 590. The van der Waals surface area contributed by atoms with Gasteiger partial charge in [-0.25, -0.2) is 5.43 Å². The minimum atomic E-state index is -0.231. The number of hydrogen-bond acceptors (Lipinski definition) is 3. The number of nitrogens with one attached hydrogen (secondary N) is 1. The molecule has 4 nitrogen and oxygen atoms in total. The van der Waals surface area contributed by atoms with E-state index in [-0.39, 0.29) is 11.3 Å². The van der Waals surface area contributed by atoms with Crippen LogP contribution in [-0.4, -0.2) is 12.1 Å². The highest BCUT2D eigenvalue weighted by atomic mass is 16.3. The molecule has 0 bridgehead atoms. The first-order valence-electron chi connectivity index (χ1n) is 6.43. The van der Waals surface area contributed by atoms with Gasteiger partial charge in [0.2, 0.25) is 0 Å². The Hall–Kier alpha value is -2.36. The second-order valence-electron chi connectivity index (χ2n) is 5.58. The highest BCUT2D eigenvalue weighted by molar-refractivity contribution is 5.94. The van der Waals surface area contributed by atoms with Crippen molar-refractivity contribution in [3.8, 4) is 0 Å². The first kappa shape index (κ1) is 14.1. The molecule has 0 spiro atoms. The van der Waals surface area contributed by atoms with Crippen LogP contribution in [0.3, 0.4) is 0 Å². The Morgan fingerprint density at radius 2 is 1.90 bits per heavy atom. The first-order valence-corrected chi connectivity index (χ1v) is 6.43. The Morgan fingerprint density at radius 3 is 2.45 bits per heavy atom. The van der Waals surface area contributed by atoms with Crippen molar-refractivity contribution in [2.24, 2.45) is 5.10 Å². The maximum atomic E-state index is 11.9. The van der Waals surface area contributed by atoms with Gasteiger partial charge in [0.25, 0.3) is 5.91 Å². The molecule has 1 aromatic heterocycles. The molecule has 2 aromatic rings. The van der Waals surface area contributed by atoms with Gasteiger partial charge in [-0.2, -0.15) is 5.10 Å². The number of benzene rings is 1. The molecule has 0 saturated heterocycles. The van der Waals surface area contributed by atoms with E-state index < -0.39 is 0 Å². The van der Waals surface area contributed by atoms with Gasteiger partial charge in [-0.05, 0) is 29.2 Å². The van der Waals surface area contributed by atoms with E-state index in [1.54, 1.807) is 18.6 Å². The number of hydrazone groups is 1. The highest BCUT2D eigenvalue weighted by Gasteiger charge is 2.13. The molecule has 1 N–H and O–H groups in total. The lowest BCUT2D eigenvalue weighted by atomic mass is 9.87. The van der Waals surface area contributed by atoms with Gasteiger partial charge in [-0.3, -0.25) is 4.79 Å². The molecule has 1 aromatic carbocycles. The molecule has 0 aliphatic rings. The van der Waals surface area contributed by atoms with Crippen LogP contribution in [-0.2, 0) is 5.41 Å². The van der Waals surface area contributed by atoms with E-state index >= 15 is 0 Å². The lowest BCUT2D eigenvalue weighted by molar-refractivity contribution is 0.0955. The van der Waals surface area contributed by atoms with Crippen LogP contribution < -0.4 is 5.43 Å². The largest absolute Gasteiger partial charge is 0.472 e. The van der Waals surface area contributed by atoms with Crippen LogP contribution in [0.5, 0.6) is 0 Å². The van der Waals surface area contributed by atoms with Crippen molar-refractivity contribution in [3.05, 3.63) is 59.5 Å². The van der Waals surface area contributed by atoms with Gasteiger partial charge in [-0.1, -0.05) is 32.9 Å². The maximum absolute atomic E-state index is 11.9. The van der Waals surface area contributed by atoms with Gasteiger partial charge in [0.15, 0.2) is 0 Å². The molecule has 1 amide bonds. The summed E-state index contributed by atoms with van der Waals surface area (Å²) in [4.78, 5) is 11.9. The summed E-state index contributed by atoms with van der Waals surface area (Å²) in [5, 5.41) is 3.88. The van der Waals surface area contributed by atoms with Crippen molar-refractivity contribution >= 4 is 12.1 Å². The molecule has 0 aliphatic carbocycles. The fourth-order valence-electron chi connectivity index (χ4n) is 1.70. The minimum Gasteiger partial charge on any atom is -0.472 e. The average molecular weight is 270 g/mol. The highest BCUT2D eigenvalue weighted by Crippen LogP contribution is 2.22. The van der Waals surface area contributed by atoms with Gasteiger partial charge in [0, 0.05) is 11.1 Å². The molecule has 0 aliphatic heterocycles. The molecule has 0 atom stereocenters. The van der Waals surface area contributed by atoms with E-state index in [1.165, 1.54) is 11.8 Å². The van der Waals surface area contributed by atoms with Gasteiger partial charge in [0.05, 0.1) is 18.7 Å². The smallest absolute Gasteiger partial charge is 0.271 e. The fourth-order valence-corrected chi connectivity index (χ4v) is 1.70. The fraction of sp³-hybridized carbons (Fsp3) is 0.250. The number of amides is 1. The van der Waals surface area contributed by atoms with Gasteiger partial charge < -0.3 is 4.42 Å². The molecule has 0 fully saturated rings. The maximum Gasteiger partial charge on any atom is 0.271 e. The van der Waals surface area contributed by atoms with Crippen LogP contribution in [0.4, 0.5) is 0 Å². The zero-order chi connectivity index (χ0) is 14.6. The van der Waals surface area contributed by atoms with Crippen LogP contribution in [0.2, 0.25) is 0 Å². The quantitative estimate of drug-likeness (QED) is 0.687. The monoisotopic (exact) mass is 270 g/mol. The van der Waals surface area contributed by atoms with Crippen LogP contribution in [0, 0.1) is 0 Å². The van der Waals surface area contributed by atoms with E-state index in [0.29, 0.717) is 5.56 Å². The third-order valence-corrected chi connectivity index (χ3v) is 2.94. The van der Waals surface area contributed by atoms with Crippen LogP contribution in [0.25, 0.3) is 0 Å². The number of carbonyl (C=O) groups is 1. The van der Waals surface area contributed by atoms with E-state index in [4.69, 9.17) is 4.42 Å². The average Bonchev–Trinajstić information content (AvgIpc) is 2.91. The number of nitrogens with zero attached hydrogens (tertiary/aromatic N) is 1. The van der Waals surface area contributed by atoms with Crippen molar-refractivity contribution < 1.29 is 9.21 Å². The van der Waals surface area contributed by atoms with Gasteiger partial charge >= 0.3 is 0 Å². The predicted molar refractivity (Wildman–Crippen MR) is 78.9 cm³/mol. The molecule has 2 rings (SSSR count). The van der Waals surface area contributed by atoms with Crippen LogP contribution >= 0.6 is 0 Å². The Morgan fingerprint density at radius 1 is 1.20 bits per heavy atom. The summed E-state index contributed by atoms with van der Waals surface area (Å²) < 4.78 is 4.90. The summed E-state index contributed by atoms with van der Waals surface area (Å²) in [6, 6.07) is 9.31. The van der Waals surface area contributed by atoms with Crippen molar-refractivity contribution in [2.75, 3.05) is 0 Å². The summed E-state index contributed by atoms with van der Waals surface area (Å²) in [5.41, 5.74) is 5.14. The summed E-state index contributed by atoms with van der Waals surface area (Å²) in [7, 11) is 0. The van der Waals surface area contributed by atoms with E-state index in [0.717, 1.165) is 5.56 Å². The number of carbonyl (C=O) groups excluding carboxylic acids is 1. The Labute approximate surface area is 118 Å². The molecule has 1 heterocycles. The second kappa shape index (κ2) is 5.74. The summed E-state index contributed by atoms with van der Waals surface area (Å²) in [5.74, 6) is -0.231. The molecule has 0 radical (unpaired) electrons. The molecule has 20 heavy (non-hydrogen) atoms. The number of hydrogen-bond donors (Lipinski definition) is 1. The summed E-state index contributed by atoms with van der Waals surface area (Å²) in [6.07, 6.45) is 4.63. The van der Waals surface area contributed by atoms with Crippen molar-refractivity contribution in [1.82, 2.24) is 5.43 Å². The lowest BCUT2D eigenvalue weighted by Crippen LogP contribution is -2.18. The third-order valence-electron chi connectivity index (χ3n) is 2.94. The topological polar surface area (TPSA) is 54.6 Å². The van der Waals surface area contributed by atoms with Gasteiger partial charge in [0.1, 0.15) is 0 Å². The lowest BCUT2D eigenvalue weighted by Gasteiger charge is -2.18. The Balaban J connectivity index is 1.99. The molecule has 104 valence electrons. The Kier molecular flexibility index (Phi) is 4.03. The molecule has 4 heteroatoms. The van der Waals surface area contributed by atoms with E-state index in [2.05, 4.69) is 31.3 Å². The van der Waals surface area contributed by atoms with Gasteiger partial charge in [-0.15, -0.1) is 0 Å². The predicted octanol–water partition coefficient (Wildman–Crippen LogP) is 3.34. The van der Waals surface area contributed by atoms with Crippen molar-refractivity contribution in [1.29, 1.82) is 0 Å². The standard InChI is InChI=1S/C16H18N2O2/c1-16(2,3)14-6-4-13(5-7-14)15(19)18-17-10-12-8-9-20-11-12/h4-11H,1-3H3,(H,18,19). The van der Waals surface area contributed by atoms with Crippen molar-refractivity contribution in [2.45, 2.75) is 26.2 Å². The SMILES string of the molecule is CC(C)(C)c1ccc(C(=O)NN=Cc2ccoc2)cc1. The molecular weight excluding hydrogens is 252 g/mol. The minimum absolute atomic E-state index is 0.0778. The van der Waals surface area contributed by atoms with E-state index in [9.17, 15) is 4.79 Å². The zero-order valence-corrected chi connectivity index (χ0v) is 11.9. The summed E-state index contributed by atoms with van der Waals surface area (Å²) in [6.45, 7) is 6.41. The van der Waals surface area contributed by atoms with Crippen LogP contribution in [0.15, 0.2) is 52.4 Å². The summed E-state index contributed by atoms with van der Waals surface area (Å²) >= 11 is 0. The zero-order valence-electron chi connectivity index (χ0n) is 11.9. The van der Waals surface area contributed by atoms with Crippen LogP contribution in [0.1, 0.15) is 42.3 Å². The number of furan rings is 1. The molecule has 0 unspecified atom stereocenters. The normalized spacial score (nSPS) is 11.8. The van der Waals surface area contributed by atoms with E-state index in [1.807, 2.05) is 24.3 Å². The third kappa shape index (κ3) is 3.57. The second-order valence-corrected chi connectivity index (χ2v) is 5.58.